The maximum absolute atomic E-state index is 11.2. The van der Waals surface area contributed by atoms with E-state index in [1.165, 1.54) is 0 Å². The minimum absolute atomic E-state index is 0.0458. The van der Waals surface area contributed by atoms with Gasteiger partial charge < -0.3 is 54.0 Å². The standard InChI is InChI=1S/C28H48O11/c1-5-28(34-4)13-8-6-7-11-17-25(39-28)21(31)19(14-29)37-26(17)36-18-12-9-10-15(2)24(18)38-27-23(33)22(32)20(30)16(3)35-27/h11,15-16,18-27,29-33H,5-10,12-14H2,1-4H3. The molecule has 3 fully saturated rings. The molecule has 11 nitrogen and oxygen atoms in total. The molecule has 4 aliphatic rings. The predicted octanol–water partition coefficient (Wildman–Crippen LogP) is 1.12. The lowest BCUT2D eigenvalue weighted by atomic mass is 9.85. The summed E-state index contributed by atoms with van der Waals surface area (Å²) in [6.07, 6.45) is -2.34. The maximum atomic E-state index is 11.2. The second kappa shape index (κ2) is 13.5. The van der Waals surface area contributed by atoms with E-state index in [9.17, 15) is 25.5 Å². The van der Waals surface area contributed by atoms with Crippen LogP contribution in [0.15, 0.2) is 11.6 Å². The Labute approximate surface area is 231 Å². The van der Waals surface area contributed by atoms with Crippen LogP contribution in [-0.4, -0.2) is 113 Å². The Morgan fingerprint density at radius 1 is 0.949 bits per heavy atom. The van der Waals surface area contributed by atoms with Gasteiger partial charge in [0.1, 0.15) is 36.6 Å². The molecule has 0 aromatic heterocycles. The molecule has 0 radical (unpaired) electrons. The number of methoxy groups -OCH3 is 1. The molecule has 13 unspecified atom stereocenters. The van der Waals surface area contributed by atoms with Gasteiger partial charge in [-0.3, -0.25) is 0 Å². The van der Waals surface area contributed by atoms with Gasteiger partial charge in [-0.2, -0.15) is 0 Å². The monoisotopic (exact) mass is 560 g/mol. The van der Waals surface area contributed by atoms with Crippen LogP contribution in [0.2, 0.25) is 0 Å². The SMILES string of the molecule is CCC1(OC)CCCCC=C2C(OC3CCCC(C)C3OC3OC(C)C(O)C(O)C3O)OC(CO)C(O)C2O1. The molecule has 13 atom stereocenters. The highest BCUT2D eigenvalue weighted by Crippen LogP contribution is 2.39. The van der Waals surface area contributed by atoms with Crippen LogP contribution in [0.25, 0.3) is 0 Å². The van der Waals surface area contributed by atoms with Crippen molar-refractivity contribution in [1.29, 1.82) is 0 Å². The Hall–Kier alpha value is -0.700. The van der Waals surface area contributed by atoms with E-state index in [1.807, 2.05) is 19.9 Å². The fourth-order valence-electron chi connectivity index (χ4n) is 6.25. The Morgan fingerprint density at radius 3 is 2.41 bits per heavy atom. The highest BCUT2D eigenvalue weighted by atomic mass is 16.7. The molecular weight excluding hydrogens is 512 g/mol. The first-order valence-corrected chi connectivity index (χ1v) is 14.5. The zero-order chi connectivity index (χ0) is 28.3. The number of fused-ring (bicyclic) bond motifs is 1. The lowest BCUT2D eigenvalue weighted by molar-refractivity contribution is -0.331. The molecule has 0 amide bonds. The van der Waals surface area contributed by atoms with Crippen molar-refractivity contribution in [3.63, 3.8) is 0 Å². The molecule has 3 aliphatic heterocycles. The van der Waals surface area contributed by atoms with Crippen LogP contribution >= 0.6 is 0 Å². The van der Waals surface area contributed by atoms with Gasteiger partial charge in [0, 0.05) is 19.1 Å². The van der Waals surface area contributed by atoms with E-state index in [4.69, 9.17) is 28.4 Å². The van der Waals surface area contributed by atoms with Crippen molar-refractivity contribution < 1.29 is 54.0 Å². The number of aliphatic hydroxyl groups excluding tert-OH is 5. The first kappa shape index (κ1) is 31.2. The van der Waals surface area contributed by atoms with Crippen LogP contribution in [-0.2, 0) is 28.4 Å². The average molecular weight is 561 g/mol. The minimum Gasteiger partial charge on any atom is -0.394 e. The van der Waals surface area contributed by atoms with Gasteiger partial charge in [0.15, 0.2) is 18.4 Å². The molecule has 0 bridgehead atoms. The number of ether oxygens (including phenoxy) is 6. The molecule has 1 saturated carbocycles. The van der Waals surface area contributed by atoms with Crippen molar-refractivity contribution in [2.75, 3.05) is 13.7 Å². The summed E-state index contributed by atoms with van der Waals surface area (Å²) in [7, 11) is 1.61. The minimum atomic E-state index is -1.42. The van der Waals surface area contributed by atoms with E-state index in [1.54, 1.807) is 14.0 Å². The van der Waals surface area contributed by atoms with Gasteiger partial charge >= 0.3 is 0 Å². The topological polar surface area (TPSA) is 157 Å². The largest absolute Gasteiger partial charge is 0.394 e. The molecule has 39 heavy (non-hydrogen) atoms. The zero-order valence-electron chi connectivity index (χ0n) is 23.6. The van der Waals surface area contributed by atoms with Crippen LogP contribution in [0.1, 0.15) is 72.1 Å². The molecule has 5 N–H and O–H groups in total. The Kier molecular flexibility index (Phi) is 10.8. The van der Waals surface area contributed by atoms with Gasteiger partial charge in [-0.15, -0.1) is 0 Å². The highest BCUT2D eigenvalue weighted by Gasteiger charge is 2.49. The van der Waals surface area contributed by atoms with Gasteiger partial charge in [0.2, 0.25) is 0 Å². The second-order valence-electron chi connectivity index (χ2n) is 11.5. The van der Waals surface area contributed by atoms with E-state index in [-0.39, 0.29) is 5.92 Å². The third-order valence-corrected chi connectivity index (χ3v) is 8.89. The molecule has 4 rings (SSSR count). The van der Waals surface area contributed by atoms with Crippen LogP contribution < -0.4 is 0 Å². The van der Waals surface area contributed by atoms with Gasteiger partial charge in [-0.1, -0.05) is 26.3 Å². The van der Waals surface area contributed by atoms with Crippen molar-refractivity contribution in [2.24, 2.45) is 5.92 Å². The summed E-state index contributed by atoms with van der Waals surface area (Å²) in [5, 5.41) is 52.1. The smallest absolute Gasteiger partial charge is 0.186 e. The molecule has 3 heterocycles. The Morgan fingerprint density at radius 2 is 1.72 bits per heavy atom. The molecule has 226 valence electrons. The van der Waals surface area contributed by atoms with Gasteiger partial charge in [0.05, 0.1) is 24.9 Å². The summed E-state index contributed by atoms with van der Waals surface area (Å²) >= 11 is 0. The van der Waals surface area contributed by atoms with Gasteiger partial charge in [-0.25, -0.2) is 0 Å². The molecule has 2 saturated heterocycles. The van der Waals surface area contributed by atoms with Gasteiger partial charge in [-0.05, 0) is 51.4 Å². The van der Waals surface area contributed by atoms with E-state index in [0.29, 0.717) is 24.8 Å². The van der Waals surface area contributed by atoms with Crippen LogP contribution in [0, 0.1) is 5.92 Å². The van der Waals surface area contributed by atoms with E-state index in [2.05, 4.69) is 0 Å². The molecule has 1 aliphatic carbocycles. The van der Waals surface area contributed by atoms with Crippen molar-refractivity contribution in [1.82, 2.24) is 0 Å². The zero-order valence-corrected chi connectivity index (χ0v) is 23.6. The Balaban J connectivity index is 1.57. The summed E-state index contributed by atoms with van der Waals surface area (Å²) < 4.78 is 37.0. The lowest BCUT2D eigenvalue weighted by Crippen LogP contribution is -2.60. The van der Waals surface area contributed by atoms with E-state index >= 15 is 0 Å². The molecule has 0 spiro atoms. The van der Waals surface area contributed by atoms with Gasteiger partial charge in [0.25, 0.3) is 0 Å². The van der Waals surface area contributed by atoms with Crippen molar-refractivity contribution >= 4 is 0 Å². The molecular formula is C28H48O11. The first-order chi connectivity index (χ1) is 18.6. The summed E-state index contributed by atoms with van der Waals surface area (Å²) in [6.45, 7) is 5.22. The third-order valence-electron chi connectivity index (χ3n) is 8.89. The Bertz CT molecular complexity index is 804. The maximum Gasteiger partial charge on any atom is 0.186 e. The van der Waals surface area contributed by atoms with Crippen LogP contribution in [0.5, 0.6) is 0 Å². The quantitative estimate of drug-likeness (QED) is 0.284. The fourth-order valence-corrected chi connectivity index (χ4v) is 6.25. The highest BCUT2D eigenvalue weighted by molar-refractivity contribution is 5.19. The molecule has 11 heteroatoms. The average Bonchev–Trinajstić information content (AvgIpc) is 3.03. The van der Waals surface area contributed by atoms with Crippen LogP contribution in [0.3, 0.4) is 0 Å². The fraction of sp³-hybridized carbons (Fsp3) is 0.929. The third kappa shape index (κ3) is 6.70. The normalized spacial score (nSPS) is 47.9. The summed E-state index contributed by atoms with van der Waals surface area (Å²) in [6, 6.07) is 0. The van der Waals surface area contributed by atoms with Crippen molar-refractivity contribution in [3.05, 3.63) is 11.6 Å². The van der Waals surface area contributed by atoms with E-state index in [0.717, 1.165) is 32.1 Å². The first-order valence-electron chi connectivity index (χ1n) is 14.5. The van der Waals surface area contributed by atoms with Crippen molar-refractivity contribution in [3.8, 4) is 0 Å². The molecule has 0 aromatic carbocycles. The van der Waals surface area contributed by atoms with E-state index < -0.39 is 79.9 Å². The summed E-state index contributed by atoms with van der Waals surface area (Å²) in [4.78, 5) is 0. The number of allylic oxidation sites excluding steroid dienone is 1. The van der Waals surface area contributed by atoms with Crippen LogP contribution in [0.4, 0.5) is 0 Å². The summed E-state index contributed by atoms with van der Waals surface area (Å²) in [5.41, 5.74) is 0.655. The number of hydrogen-bond acceptors (Lipinski definition) is 11. The predicted molar refractivity (Wildman–Crippen MR) is 138 cm³/mol. The lowest BCUT2D eigenvalue weighted by Gasteiger charge is -2.47. The molecule has 0 aromatic rings. The van der Waals surface area contributed by atoms with Crippen molar-refractivity contribution in [2.45, 2.75) is 145 Å². The number of aliphatic hydroxyl groups is 5. The summed E-state index contributed by atoms with van der Waals surface area (Å²) in [5.74, 6) is -0.831. The number of hydrogen-bond donors (Lipinski definition) is 5. The second-order valence-corrected chi connectivity index (χ2v) is 11.5. The number of rotatable bonds is 7.